The normalized spacial score (nSPS) is 20.4. The number of nitrogens with zero attached hydrogens (tertiary/aromatic N) is 5. The summed E-state index contributed by atoms with van der Waals surface area (Å²) in [4.78, 5) is 76.7. The molecule has 3 saturated heterocycles. The first kappa shape index (κ1) is 40.4. The van der Waals surface area contributed by atoms with E-state index in [2.05, 4.69) is 59.1 Å². The van der Waals surface area contributed by atoms with Crippen molar-refractivity contribution in [3.8, 4) is 11.8 Å². The molecular weight excluding hydrogens is 771 g/mol. The number of benzene rings is 3. The third-order valence-corrected chi connectivity index (χ3v) is 13.9. The molecule has 0 bridgehead atoms. The Morgan fingerprint density at radius 1 is 0.934 bits per heavy atom. The summed E-state index contributed by atoms with van der Waals surface area (Å²) in [6.07, 6.45) is 5.29. The van der Waals surface area contributed by atoms with E-state index >= 15 is 0 Å². The van der Waals surface area contributed by atoms with Gasteiger partial charge in [0.15, 0.2) is 5.78 Å². The first-order chi connectivity index (χ1) is 29.5. The Hall–Kier alpha value is -6.00. The van der Waals surface area contributed by atoms with Crippen molar-refractivity contribution in [3.05, 3.63) is 93.2 Å². The van der Waals surface area contributed by atoms with Gasteiger partial charge in [0.2, 0.25) is 17.7 Å². The van der Waals surface area contributed by atoms with E-state index in [1.54, 1.807) is 18.2 Å². The van der Waals surface area contributed by atoms with Crippen LogP contribution in [-0.4, -0.2) is 107 Å². The summed E-state index contributed by atoms with van der Waals surface area (Å²) < 4.78 is 6.11. The summed E-state index contributed by atoms with van der Waals surface area (Å²) in [6.45, 7) is 12.3. The van der Waals surface area contributed by atoms with Gasteiger partial charge < -0.3 is 24.4 Å². The summed E-state index contributed by atoms with van der Waals surface area (Å²) in [6, 6.07) is 17.3. The molecule has 2 N–H and O–H groups in total. The number of nitriles is 1. The number of ketones is 1. The zero-order valence-electron chi connectivity index (χ0n) is 35.3. The van der Waals surface area contributed by atoms with E-state index < -0.39 is 17.4 Å². The first-order valence-electron chi connectivity index (χ1n) is 21.9. The van der Waals surface area contributed by atoms with Crippen molar-refractivity contribution in [1.82, 2.24) is 25.0 Å². The second kappa shape index (κ2) is 16.1. The molecule has 5 heterocycles. The van der Waals surface area contributed by atoms with E-state index in [4.69, 9.17) is 4.74 Å². The number of hydrogen-bond donors (Lipinski definition) is 2. The fraction of sp³-hybridized carbons (Fsp3) is 0.458. The highest BCUT2D eigenvalue weighted by atomic mass is 16.5. The van der Waals surface area contributed by atoms with Gasteiger partial charge in [-0.3, -0.25) is 34.2 Å². The number of aromatic amines is 1. The van der Waals surface area contributed by atoms with Gasteiger partial charge in [-0.25, -0.2) is 0 Å². The number of aromatic nitrogens is 1. The van der Waals surface area contributed by atoms with Gasteiger partial charge in [-0.15, -0.1) is 0 Å². The number of unbranched alkanes of at least 4 members (excludes halogenated alkanes) is 1. The van der Waals surface area contributed by atoms with Crippen molar-refractivity contribution in [3.63, 3.8) is 0 Å². The largest absolute Gasteiger partial charge is 0.493 e. The van der Waals surface area contributed by atoms with Crippen molar-refractivity contribution < 1.29 is 28.7 Å². The topological polar surface area (TPSA) is 159 Å². The molecule has 316 valence electrons. The minimum absolute atomic E-state index is 0.0418. The number of H-pyrrole nitrogens is 1. The zero-order valence-corrected chi connectivity index (χ0v) is 35.3. The lowest BCUT2D eigenvalue weighted by molar-refractivity contribution is -0.137. The van der Waals surface area contributed by atoms with Gasteiger partial charge in [0, 0.05) is 103 Å². The predicted octanol–water partition coefficient (Wildman–Crippen LogP) is 5.60. The fourth-order valence-corrected chi connectivity index (χ4v) is 10.4. The predicted molar refractivity (Wildman–Crippen MR) is 230 cm³/mol. The molecule has 61 heavy (non-hydrogen) atoms. The van der Waals surface area contributed by atoms with Crippen LogP contribution in [0.2, 0.25) is 0 Å². The molecule has 0 spiro atoms. The molecule has 1 aromatic heterocycles. The SMILES string of the molecule is CCc1cc2c(cc1N1CCC(N3CCN(C(=O)CCCCOc4cccc5c4CN(C4CCC(=O)NC4=O)C5=O)CC3)CC1)C(C)(C)c1[nH]c3cc(C#N)ccc3c1C2=O. The van der Waals surface area contributed by atoms with Crippen LogP contribution >= 0.6 is 0 Å². The summed E-state index contributed by atoms with van der Waals surface area (Å²) in [5.74, 6) is -0.144. The smallest absolute Gasteiger partial charge is 0.255 e. The summed E-state index contributed by atoms with van der Waals surface area (Å²) >= 11 is 0. The molecule has 3 fully saturated rings. The average Bonchev–Trinajstić information content (AvgIpc) is 3.83. The van der Waals surface area contributed by atoms with Gasteiger partial charge in [0.25, 0.3) is 5.91 Å². The first-order valence-corrected chi connectivity index (χ1v) is 21.9. The van der Waals surface area contributed by atoms with Gasteiger partial charge in [-0.05, 0) is 86.1 Å². The van der Waals surface area contributed by atoms with Crippen molar-refractivity contribution in [2.75, 3.05) is 50.8 Å². The number of aryl methyl sites for hydroxylation is 1. The summed E-state index contributed by atoms with van der Waals surface area (Å²) in [7, 11) is 0. The molecule has 13 heteroatoms. The molecule has 9 rings (SSSR count). The van der Waals surface area contributed by atoms with Gasteiger partial charge in [-0.1, -0.05) is 32.9 Å². The number of ether oxygens (including phenoxy) is 1. The van der Waals surface area contributed by atoms with E-state index in [9.17, 15) is 29.2 Å². The van der Waals surface area contributed by atoms with Crippen molar-refractivity contribution in [2.24, 2.45) is 0 Å². The Kier molecular flexibility index (Phi) is 10.7. The number of amides is 4. The number of carbonyl (C=O) groups is 5. The molecule has 4 aromatic rings. The lowest BCUT2D eigenvalue weighted by Gasteiger charge is -2.44. The molecule has 1 unspecified atom stereocenters. The number of rotatable bonds is 10. The molecule has 4 amide bonds. The minimum atomic E-state index is -0.672. The summed E-state index contributed by atoms with van der Waals surface area (Å²) in [5, 5.41) is 12.7. The number of nitrogens with one attached hydrogen (secondary N) is 2. The van der Waals surface area contributed by atoms with Crippen molar-refractivity contribution in [1.29, 1.82) is 5.26 Å². The quantitative estimate of drug-likeness (QED) is 0.154. The van der Waals surface area contributed by atoms with Crippen LogP contribution in [-0.2, 0) is 32.8 Å². The standard InChI is InChI=1S/C48H53N7O6/c1-4-30-25-34-36(48(2,3)45-43(44(34)58)33-12-11-29(27-49)24-37(33)50-45)26-39(30)53-17-15-31(16-18-53)52-19-21-54(22-20-52)42(57)10-5-6-23-61-40-9-7-8-32-35(40)28-55(47(32)60)38-13-14-41(56)51-46(38)59/h7-9,11-12,24-26,31,38,50H,4-6,10,13-23,28H2,1-3H3,(H,51,56,59). The Bertz CT molecular complexity index is 2500. The van der Waals surface area contributed by atoms with Gasteiger partial charge >= 0.3 is 0 Å². The number of imide groups is 1. The molecule has 0 saturated carbocycles. The molecule has 13 nitrogen and oxygen atoms in total. The highest BCUT2D eigenvalue weighted by Gasteiger charge is 2.42. The molecule has 1 aliphatic carbocycles. The van der Waals surface area contributed by atoms with Crippen LogP contribution in [0.1, 0.15) is 120 Å². The fourth-order valence-electron chi connectivity index (χ4n) is 10.4. The highest BCUT2D eigenvalue weighted by Crippen LogP contribution is 2.46. The van der Waals surface area contributed by atoms with E-state index in [1.807, 2.05) is 23.1 Å². The summed E-state index contributed by atoms with van der Waals surface area (Å²) in [5.41, 5.74) is 8.07. The Balaban J connectivity index is 0.746. The van der Waals surface area contributed by atoms with E-state index in [0.29, 0.717) is 55.2 Å². The van der Waals surface area contributed by atoms with Crippen LogP contribution in [0.5, 0.6) is 5.75 Å². The maximum absolute atomic E-state index is 14.1. The van der Waals surface area contributed by atoms with Gasteiger partial charge in [-0.2, -0.15) is 5.26 Å². The number of piperidine rings is 2. The average molecular weight is 824 g/mol. The van der Waals surface area contributed by atoms with Crippen molar-refractivity contribution in [2.45, 2.75) is 96.2 Å². The Morgan fingerprint density at radius 3 is 2.46 bits per heavy atom. The lowest BCUT2D eigenvalue weighted by atomic mass is 9.70. The van der Waals surface area contributed by atoms with Crippen LogP contribution in [0.4, 0.5) is 5.69 Å². The number of anilines is 1. The van der Waals surface area contributed by atoms with Crippen LogP contribution < -0.4 is 15.0 Å². The maximum Gasteiger partial charge on any atom is 0.255 e. The van der Waals surface area contributed by atoms with E-state index in [1.165, 1.54) is 16.2 Å². The number of fused-ring (bicyclic) bond motifs is 5. The molecule has 0 radical (unpaired) electrons. The van der Waals surface area contributed by atoms with Gasteiger partial charge in [0.1, 0.15) is 11.8 Å². The highest BCUT2D eigenvalue weighted by molar-refractivity contribution is 6.20. The van der Waals surface area contributed by atoms with Gasteiger partial charge in [0.05, 0.1) is 30.3 Å². The van der Waals surface area contributed by atoms with Crippen LogP contribution in [0.15, 0.2) is 48.5 Å². The maximum atomic E-state index is 14.1. The molecule has 4 aliphatic heterocycles. The second-order valence-electron chi connectivity index (χ2n) is 17.7. The van der Waals surface area contributed by atoms with E-state index in [0.717, 1.165) is 97.4 Å². The third kappa shape index (κ3) is 7.24. The van der Waals surface area contributed by atoms with Crippen LogP contribution in [0.25, 0.3) is 10.9 Å². The third-order valence-electron chi connectivity index (χ3n) is 13.9. The monoisotopic (exact) mass is 823 g/mol. The Labute approximate surface area is 356 Å². The minimum Gasteiger partial charge on any atom is -0.493 e. The molecule has 5 aliphatic rings. The van der Waals surface area contributed by atoms with Crippen LogP contribution in [0.3, 0.4) is 0 Å². The second-order valence-corrected chi connectivity index (χ2v) is 17.7. The number of hydrogen-bond acceptors (Lipinski definition) is 9. The lowest BCUT2D eigenvalue weighted by Crippen LogP contribution is -2.54. The van der Waals surface area contributed by atoms with E-state index in [-0.39, 0.29) is 36.5 Å². The Morgan fingerprint density at radius 2 is 1.72 bits per heavy atom. The molecule has 3 aromatic carbocycles. The number of carbonyl (C=O) groups excluding carboxylic acids is 5. The zero-order chi connectivity index (χ0) is 42.6. The molecular formula is C48H53N7O6. The molecule has 1 atom stereocenters. The van der Waals surface area contributed by atoms with Crippen molar-refractivity contribution >= 4 is 46.0 Å². The van der Waals surface area contributed by atoms with Crippen LogP contribution in [0, 0.1) is 11.3 Å². The number of piperazine rings is 1.